The Morgan fingerprint density at radius 2 is 2.00 bits per heavy atom. The second-order valence-corrected chi connectivity index (χ2v) is 8.63. The molecule has 1 aliphatic rings. The summed E-state index contributed by atoms with van der Waals surface area (Å²) < 4.78 is 26.5. The van der Waals surface area contributed by atoms with E-state index in [2.05, 4.69) is 4.99 Å². The van der Waals surface area contributed by atoms with Gasteiger partial charge in [0, 0.05) is 5.56 Å². The summed E-state index contributed by atoms with van der Waals surface area (Å²) in [6.07, 6.45) is 1.41. The minimum Gasteiger partial charge on any atom is -0.494 e. The van der Waals surface area contributed by atoms with Crippen LogP contribution >= 0.6 is 22.9 Å². The van der Waals surface area contributed by atoms with Gasteiger partial charge in [-0.1, -0.05) is 41.1 Å². The first-order valence-corrected chi connectivity index (χ1v) is 11.3. The van der Waals surface area contributed by atoms with Crippen molar-refractivity contribution in [1.29, 1.82) is 0 Å². The molecule has 0 fully saturated rings. The van der Waals surface area contributed by atoms with Gasteiger partial charge in [0.05, 0.1) is 40.6 Å². The Morgan fingerprint density at radius 1 is 1.27 bits per heavy atom. The number of aromatic nitrogens is 1. The Bertz CT molecular complexity index is 1420. The quantitative estimate of drug-likeness (QED) is 0.517. The van der Waals surface area contributed by atoms with E-state index in [9.17, 15) is 14.0 Å². The van der Waals surface area contributed by atoms with Gasteiger partial charge in [-0.3, -0.25) is 9.36 Å². The smallest absolute Gasteiger partial charge is 0.338 e. The molecule has 4 rings (SSSR count). The molecule has 1 aromatic heterocycles. The number of benzene rings is 2. The predicted molar refractivity (Wildman–Crippen MR) is 125 cm³/mol. The van der Waals surface area contributed by atoms with Crippen molar-refractivity contribution in [2.45, 2.75) is 19.9 Å². The van der Waals surface area contributed by atoms with Gasteiger partial charge in [0.1, 0.15) is 11.6 Å². The number of hydrogen-bond acceptors (Lipinski definition) is 6. The molecule has 3 aromatic rings. The van der Waals surface area contributed by atoms with Crippen LogP contribution in [0.5, 0.6) is 5.75 Å². The summed E-state index contributed by atoms with van der Waals surface area (Å²) >= 11 is 7.25. The lowest BCUT2D eigenvalue weighted by Gasteiger charge is -2.24. The van der Waals surface area contributed by atoms with E-state index in [4.69, 9.17) is 21.1 Å². The molecule has 1 unspecified atom stereocenters. The summed E-state index contributed by atoms with van der Waals surface area (Å²) in [7, 11) is 1.28. The topological polar surface area (TPSA) is 69.9 Å². The highest BCUT2D eigenvalue weighted by molar-refractivity contribution is 7.07. The van der Waals surface area contributed by atoms with E-state index in [1.165, 1.54) is 29.9 Å². The maximum atomic E-state index is 14.3. The molecule has 1 aliphatic heterocycles. The lowest BCUT2D eigenvalue weighted by molar-refractivity contribution is -0.136. The number of thiazole rings is 1. The van der Waals surface area contributed by atoms with E-state index in [-0.39, 0.29) is 20.7 Å². The Hall–Kier alpha value is -3.23. The van der Waals surface area contributed by atoms with Gasteiger partial charge in [-0.25, -0.2) is 14.2 Å². The van der Waals surface area contributed by atoms with E-state index < -0.39 is 23.4 Å². The second-order valence-electron chi connectivity index (χ2n) is 7.21. The van der Waals surface area contributed by atoms with Crippen LogP contribution in [-0.4, -0.2) is 24.3 Å². The molecule has 6 nitrogen and oxygen atoms in total. The number of carbonyl (C=O) groups is 1. The lowest BCUT2D eigenvalue weighted by atomic mass is 9.96. The molecular weight excluding hydrogens is 467 g/mol. The number of allylic oxidation sites excluding steroid dienone is 1. The molecule has 0 spiro atoms. The maximum absolute atomic E-state index is 14.3. The molecule has 9 heteroatoms. The summed E-state index contributed by atoms with van der Waals surface area (Å²) in [5, 5.41) is 0.190. The van der Waals surface area contributed by atoms with Crippen molar-refractivity contribution in [2.75, 3.05) is 13.7 Å². The number of hydrogen-bond donors (Lipinski definition) is 0. The number of halogens is 2. The molecule has 0 amide bonds. The third-order valence-electron chi connectivity index (χ3n) is 5.21. The van der Waals surface area contributed by atoms with Gasteiger partial charge in [-0.15, -0.1) is 0 Å². The van der Waals surface area contributed by atoms with Crippen LogP contribution in [0.3, 0.4) is 0 Å². The van der Waals surface area contributed by atoms with Crippen LogP contribution in [0.1, 0.15) is 31.0 Å². The molecule has 170 valence electrons. The maximum Gasteiger partial charge on any atom is 0.338 e. The fourth-order valence-electron chi connectivity index (χ4n) is 3.70. The van der Waals surface area contributed by atoms with Gasteiger partial charge in [-0.2, -0.15) is 0 Å². The molecule has 33 heavy (non-hydrogen) atoms. The predicted octanol–water partition coefficient (Wildman–Crippen LogP) is 3.60. The van der Waals surface area contributed by atoms with Crippen molar-refractivity contribution in [2.24, 2.45) is 4.99 Å². The van der Waals surface area contributed by atoms with Crippen molar-refractivity contribution in [3.63, 3.8) is 0 Å². The van der Waals surface area contributed by atoms with Crippen LogP contribution in [-0.2, 0) is 9.53 Å². The third-order valence-corrected chi connectivity index (χ3v) is 6.52. The van der Waals surface area contributed by atoms with Crippen molar-refractivity contribution in [3.05, 3.63) is 95.4 Å². The van der Waals surface area contributed by atoms with Crippen molar-refractivity contribution in [3.8, 4) is 5.75 Å². The van der Waals surface area contributed by atoms with Crippen LogP contribution in [0, 0.1) is 5.82 Å². The largest absolute Gasteiger partial charge is 0.494 e. The van der Waals surface area contributed by atoms with Crippen LogP contribution in [0.15, 0.2) is 63.5 Å². The van der Waals surface area contributed by atoms with Gasteiger partial charge in [0.15, 0.2) is 4.80 Å². The van der Waals surface area contributed by atoms with Gasteiger partial charge < -0.3 is 9.47 Å². The first-order chi connectivity index (χ1) is 15.8. The van der Waals surface area contributed by atoms with E-state index >= 15 is 0 Å². The Morgan fingerprint density at radius 3 is 2.64 bits per heavy atom. The summed E-state index contributed by atoms with van der Waals surface area (Å²) in [6.45, 7) is 4.09. The number of methoxy groups -OCH3 is 1. The Balaban J connectivity index is 1.96. The Kier molecular flexibility index (Phi) is 6.49. The number of fused-ring (bicyclic) bond motifs is 1. The first kappa shape index (κ1) is 22.9. The number of esters is 1. The summed E-state index contributed by atoms with van der Waals surface area (Å²) in [5.74, 6) is -0.451. The standard InChI is InChI=1S/C24H20ClFN2O4S/c1-4-32-15-10-8-14(9-11-15)21-20(23(30)31-3)13(2)27-24-28(21)22(29)19(33-24)12-16-17(25)6-5-7-18(16)26/h5-12,21H,4H2,1-3H3. The van der Waals surface area contributed by atoms with Gasteiger partial charge in [0.2, 0.25) is 0 Å². The van der Waals surface area contributed by atoms with E-state index in [0.717, 1.165) is 11.3 Å². The van der Waals surface area contributed by atoms with E-state index in [1.807, 2.05) is 6.92 Å². The number of nitrogens with zero attached hydrogens (tertiary/aromatic N) is 2. The van der Waals surface area contributed by atoms with Crippen LogP contribution in [0.2, 0.25) is 5.02 Å². The normalized spacial score (nSPS) is 15.8. The van der Waals surface area contributed by atoms with Crippen LogP contribution < -0.4 is 19.6 Å². The number of rotatable bonds is 5. The zero-order valence-corrected chi connectivity index (χ0v) is 19.7. The molecular formula is C24H20ClFN2O4S. The first-order valence-electron chi connectivity index (χ1n) is 10.1. The molecule has 0 radical (unpaired) electrons. The fourth-order valence-corrected chi connectivity index (χ4v) is 4.95. The summed E-state index contributed by atoms with van der Waals surface area (Å²) in [6, 6.07) is 10.7. The number of carbonyl (C=O) groups excluding carboxylic acids is 1. The van der Waals surface area contributed by atoms with Gasteiger partial charge in [-0.05, 0) is 49.8 Å². The molecule has 2 aromatic carbocycles. The highest BCUT2D eigenvalue weighted by atomic mass is 35.5. The average molecular weight is 487 g/mol. The highest BCUT2D eigenvalue weighted by Gasteiger charge is 2.33. The zero-order chi connectivity index (χ0) is 23.7. The van der Waals surface area contributed by atoms with E-state index in [1.54, 1.807) is 37.3 Å². The van der Waals surface area contributed by atoms with Crippen molar-refractivity contribution < 1.29 is 18.7 Å². The number of ether oxygens (including phenoxy) is 2. The fraction of sp³-hybridized carbons (Fsp3) is 0.208. The molecule has 0 saturated heterocycles. The highest BCUT2D eigenvalue weighted by Crippen LogP contribution is 2.31. The van der Waals surface area contributed by atoms with Crippen molar-refractivity contribution >= 4 is 35.0 Å². The molecule has 2 heterocycles. The molecule has 0 saturated carbocycles. The second kappa shape index (κ2) is 9.33. The zero-order valence-electron chi connectivity index (χ0n) is 18.1. The molecule has 1 atom stereocenters. The Labute approximate surface area is 197 Å². The average Bonchev–Trinajstić information content (AvgIpc) is 3.10. The van der Waals surface area contributed by atoms with Crippen molar-refractivity contribution in [1.82, 2.24) is 4.57 Å². The summed E-state index contributed by atoms with van der Waals surface area (Å²) in [5.41, 5.74) is 1.09. The van der Waals surface area contributed by atoms with Gasteiger partial charge in [0.25, 0.3) is 5.56 Å². The SMILES string of the molecule is CCOc1ccc(C2C(C(=O)OC)=C(C)N=c3sc(=Cc4c(F)cccc4Cl)c(=O)n32)cc1. The monoisotopic (exact) mass is 486 g/mol. The summed E-state index contributed by atoms with van der Waals surface area (Å²) in [4.78, 5) is 31.0. The third kappa shape index (κ3) is 4.24. The van der Waals surface area contributed by atoms with Crippen LogP contribution in [0.25, 0.3) is 6.08 Å². The van der Waals surface area contributed by atoms with E-state index in [0.29, 0.717) is 28.4 Å². The van der Waals surface area contributed by atoms with Gasteiger partial charge >= 0.3 is 5.97 Å². The minimum absolute atomic E-state index is 0.117. The molecule has 0 N–H and O–H groups in total. The van der Waals surface area contributed by atoms with Crippen LogP contribution in [0.4, 0.5) is 4.39 Å². The molecule has 0 aliphatic carbocycles. The molecule has 0 bridgehead atoms. The minimum atomic E-state index is -0.761. The lowest BCUT2D eigenvalue weighted by Crippen LogP contribution is -2.39.